The molecule has 2 fully saturated rings. The van der Waals surface area contributed by atoms with Gasteiger partial charge in [0.25, 0.3) is 0 Å². The third-order valence-electron chi connectivity index (χ3n) is 4.18. The molecule has 1 saturated heterocycles. The van der Waals surface area contributed by atoms with Gasteiger partial charge in [0, 0.05) is 25.6 Å². The van der Waals surface area contributed by atoms with E-state index in [0.29, 0.717) is 12.5 Å². The molecule has 22 heavy (non-hydrogen) atoms. The van der Waals surface area contributed by atoms with E-state index >= 15 is 0 Å². The van der Waals surface area contributed by atoms with Crippen molar-refractivity contribution in [1.82, 2.24) is 20.1 Å². The van der Waals surface area contributed by atoms with Gasteiger partial charge < -0.3 is 14.6 Å². The summed E-state index contributed by atoms with van der Waals surface area (Å²) in [4.78, 5) is 12.2. The highest BCUT2D eigenvalue weighted by Crippen LogP contribution is 2.40. The lowest BCUT2D eigenvalue weighted by atomic mass is 10.2. The highest BCUT2D eigenvalue weighted by Gasteiger charge is 2.30. The molecule has 1 aliphatic heterocycles. The highest BCUT2D eigenvalue weighted by atomic mass is 32.2. The van der Waals surface area contributed by atoms with Crippen molar-refractivity contribution in [3.8, 4) is 0 Å². The zero-order valence-corrected chi connectivity index (χ0v) is 14.1. The van der Waals surface area contributed by atoms with Gasteiger partial charge in [0.1, 0.15) is 5.82 Å². The van der Waals surface area contributed by atoms with Crippen molar-refractivity contribution in [3.05, 3.63) is 5.82 Å². The molecule has 2 heterocycles. The van der Waals surface area contributed by atoms with E-state index in [-0.39, 0.29) is 17.3 Å². The van der Waals surface area contributed by atoms with Crippen LogP contribution in [-0.4, -0.2) is 45.2 Å². The van der Waals surface area contributed by atoms with E-state index in [1.54, 1.807) is 0 Å². The molecule has 0 aromatic carbocycles. The van der Waals surface area contributed by atoms with Crippen molar-refractivity contribution < 1.29 is 9.53 Å². The summed E-state index contributed by atoms with van der Waals surface area (Å²) in [5.74, 6) is 1.70. The Kier molecular flexibility index (Phi) is 5.03. The molecule has 0 bridgehead atoms. The van der Waals surface area contributed by atoms with Crippen molar-refractivity contribution in [2.45, 2.75) is 68.5 Å². The average molecular weight is 324 g/mol. The van der Waals surface area contributed by atoms with Crippen molar-refractivity contribution in [3.63, 3.8) is 0 Å². The summed E-state index contributed by atoms with van der Waals surface area (Å²) in [6.45, 7) is 6.29. The number of carbonyl (C=O) groups excluding carboxylic acids is 1. The minimum atomic E-state index is -0.178. The number of hydrogen-bond acceptors (Lipinski definition) is 5. The van der Waals surface area contributed by atoms with Crippen LogP contribution in [0.5, 0.6) is 0 Å². The van der Waals surface area contributed by atoms with Gasteiger partial charge in [0.05, 0.1) is 11.4 Å². The maximum atomic E-state index is 12.2. The fraction of sp³-hybridized carbons (Fsp3) is 0.800. The smallest absolute Gasteiger partial charge is 0.233 e. The molecule has 7 heteroatoms. The fourth-order valence-corrected chi connectivity index (χ4v) is 3.65. The lowest BCUT2D eigenvalue weighted by molar-refractivity contribution is -0.120. The molecule has 2 atom stereocenters. The molecule has 1 amide bonds. The first-order valence-electron chi connectivity index (χ1n) is 8.18. The van der Waals surface area contributed by atoms with Crippen LogP contribution in [0.2, 0.25) is 0 Å². The highest BCUT2D eigenvalue weighted by molar-refractivity contribution is 8.00. The summed E-state index contributed by atoms with van der Waals surface area (Å²) in [7, 11) is 0. The van der Waals surface area contributed by atoms with Crippen LogP contribution in [-0.2, 0) is 16.1 Å². The molecule has 1 saturated carbocycles. The zero-order valence-electron chi connectivity index (χ0n) is 13.2. The Balaban J connectivity index is 1.54. The van der Waals surface area contributed by atoms with Crippen LogP contribution in [0.1, 0.15) is 51.3 Å². The Morgan fingerprint density at radius 2 is 2.27 bits per heavy atom. The standard InChI is InChI=1S/C15H24N4O2S/c1-3-19-13(11-6-7-11)17-18-15(19)22-10(2)14(20)16-9-12-5-4-8-21-12/h10-12H,3-9H2,1-2H3,(H,16,20). The molecular weight excluding hydrogens is 300 g/mol. The quantitative estimate of drug-likeness (QED) is 0.776. The zero-order chi connectivity index (χ0) is 15.5. The summed E-state index contributed by atoms with van der Waals surface area (Å²) in [5.41, 5.74) is 0. The van der Waals surface area contributed by atoms with E-state index in [1.807, 2.05) is 6.92 Å². The number of nitrogens with zero attached hydrogens (tertiary/aromatic N) is 3. The molecule has 122 valence electrons. The van der Waals surface area contributed by atoms with Crippen LogP contribution >= 0.6 is 11.8 Å². The number of amides is 1. The molecule has 2 unspecified atom stereocenters. The van der Waals surface area contributed by atoms with Crippen LogP contribution in [0.15, 0.2) is 5.16 Å². The first-order chi connectivity index (χ1) is 10.7. The molecule has 1 N–H and O–H groups in total. The topological polar surface area (TPSA) is 69.0 Å². The largest absolute Gasteiger partial charge is 0.376 e. The number of ether oxygens (including phenoxy) is 1. The maximum Gasteiger partial charge on any atom is 0.233 e. The van der Waals surface area contributed by atoms with E-state index < -0.39 is 0 Å². The first kappa shape index (κ1) is 15.8. The number of rotatable bonds is 7. The van der Waals surface area contributed by atoms with Gasteiger partial charge >= 0.3 is 0 Å². The summed E-state index contributed by atoms with van der Waals surface area (Å²) in [5, 5.41) is 12.2. The van der Waals surface area contributed by atoms with E-state index in [9.17, 15) is 4.79 Å². The number of aromatic nitrogens is 3. The first-order valence-corrected chi connectivity index (χ1v) is 9.06. The Hall–Kier alpha value is -1.08. The van der Waals surface area contributed by atoms with E-state index in [4.69, 9.17) is 4.74 Å². The van der Waals surface area contributed by atoms with E-state index in [1.165, 1.54) is 24.6 Å². The minimum Gasteiger partial charge on any atom is -0.376 e. The second-order valence-electron chi connectivity index (χ2n) is 6.00. The second kappa shape index (κ2) is 7.00. The lowest BCUT2D eigenvalue weighted by Gasteiger charge is -2.15. The van der Waals surface area contributed by atoms with Crippen molar-refractivity contribution >= 4 is 17.7 Å². The van der Waals surface area contributed by atoms with Gasteiger partial charge in [-0.05, 0) is 39.5 Å². The molecule has 0 spiro atoms. The number of hydrogen-bond donors (Lipinski definition) is 1. The van der Waals surface area contributed by atoms with Gasteiger partial charge in [-0.2, -0.15) is 0 Å². The molecule has 6 nitrogen and oxygen atoms in total. The summed E-state index contributed by atoms with van der Waals surface area (Å²) >= 11 is 1.49. The second-order valence-corrected chi connectivity index (χ2v) is 7.31. The molecule has 1 aliphatic carbocycles. The van der Waals surface area contributed by atoms with Crippen molar-refractivity contribution in [2.24, 2.45) is 0 Å². The van der Waals surface area contributed by atoms with Crippen LogP contribution in [0, 0.1) is 0 Å². The molecular formula is C15H24N4O2S. The average Bonchev–Trinajstić information content (AvgIpc) is 3.08. The van der Waals surface area contributed by atoms with Gasteiger partial charge in [0.15, 0.2) is 5.16 Å². The summed E-state index contributed by atoms with van der Waals surface area (Å²) in [6, 6.07) is 0. The van der Waals surface area contributed by atoms with Crippen LogP contribution in [0.3, 0.4) is 0 Å². The number of nitrogens with one attached hydrogen (secondary N) is 1. The van der Waals surface area contributed by atoms with E-state index in [2.05, 4.69) is 27.0 Å². The normalized spacial score (nSPS) is 22.7. The fourth-order valence-electron chi connectivity index (χ4n) is 2.70. The molecule has 0 radical (unpaired) electrons. The van der Waals surface area contributed by atoms with Crippen LogP contribution in [0.25, 0.3) is 0 Å². The minimum absolute atomic E-state index is 0.0409. The molecule has 3 rings (SSSR count). The molecule has 2 aliphatic rings. The lowest BCUT2D eigenvalue weighted by Crippen LogP contribution is -2.36. The Morgan fingerprint density at radius 1 is 1.45 bits per heavy atom. The Morgan fingerprint density at radius 3 is 2.91 bits per heavy atom. The number of carbonyl (C=O) groups is 1. The molecule has 1 aromatic rings. The van der Waals surface area contributed by atoms with Crippen molar-refractivity contribution in [2.75, 3.05) is 13.2 Å². The predicted octanol–water partition coefficient (Wildman–Crippen LogP) is 1.95. The SMILES string of the molecule is CCn1c(SC(C)C(=O)NCC2CCCO2)nnc1C1CC1. The van der Waals surface area contributed by atoms with Gasteiger partial charge in [-0.3, -0.25) is 4.79 Å². The monoisotopic (exact) mass is 324 g/mol. The van der Waals surface area contributed by atoms with Crippen LogP contribution < -0.4 is 5.32 Å². The van der Waals surface area contributed by atoms with Gasteiger partial charge in [-0.25, -0.2) is 0 Å². The predicted molar refractivity (Wildman–Crippen MR) is 85.0 cm³/mol. The number of thioether (sulfide) groups is 1. The third kappa shape index (κ3) is 3.63. The third-order valence-corrected chi connectivity index (χ3v) is 5.26. The van der Waals surface area contributed by atoms with E-state index in [0.717, 1.165) is 37.0 Å². The van der Waals surface area contributed by atoms with Gasteiger partial charge in [0.2, 0.25) is 5.91 Å². The van der Waals surface area contributed by atoms with Crippen molar-refractivity contribution in [1.29, 1.82) is 0 Å². The Labute approximate surface area is 135 Å². The Bertz CT molecular complexity index is 524. The van der Waals surface area contributed by atoms with Crippen LogP contribution in [0.4, 0.5) is 0 Å². The maximum absolute atomic E-state index is 12.2. The van der Waals surface area contributed by atoms with Gasteiger partial charge in [-0.1, -0.05) is 11.8 Å². The molecule has 1 aromatic heterocycles. The summed E-state index contributed by atoms with van der Waals surface area (Å²) in [6.07, 6.45) is 4.73. The summed E-state index contributed by atoms with van der Waals surface area (Å²) < 4.78 is 7.67. The van der Waals surface area contributed by atoms with Gasteiger partial charge in [-0.15, -0.1) is 10.2 Å².